The van der Waals surface area contributed by atoms with E-state index in [1.54, 1.807) is 0 Å². The van der Waals surface area contributed by atoms with Crippen LogP contribution in [0.4, 0.5) is 0 Å². The number of amides is 1. The number of nitrogens with zero attached hydrogens (tertiary/aromatic N) is 1. The van der Waals surface area contributed by atoms with Gasteiger partial charge in [-0.2, -0.15) is 5.10 Å². The van der Waals surface area contributed by atoms with Crippen LogP contribution >= 0.6 is 0 Å². The molecule has 1 aromatic carbocycles. The van der Waals surface area contributed by atoms with E-state index in [2.05, 4.69) is 21.6 Å². The fraction of sp³-hybridized carbons (Fsp3) is 0.474. The van der Waals surface area contributed by atoms with Crippen molar-refractivity contribution in [3.8, 4) is 0 Å². The molecule has 1 amide bonds. The smallest absolute Gasteiger partial charge is 0.223 e. The van der Waals surface area contributed by atoms with Crippen LogP contribution in [0, 0.1) is 5.92 Å². The van der Waals surface area contributed by atoms with Gasteiger partial charge in [-0.1, -0.05) is 24.3 Å². The lowest BCUT2D eigenvalue weighted by atomic mass is 9.87. The molecule has 5 nitrogen and oxygen atoms in total. The molecule has 0 aliphatic heterocycles. The minimum absolute atomic E-state index is 0.0250. The molecule has 2 N–H and O–H groups in total. The number of fused-ring (bicyclic) bond motifs is 1. The van der Waals surface area contributed by atoms with Crippen LogP contribution in [-0.4, -0.2) is 22.2 Å². The Labute approximate surface area is 142 Å². The van der Waals surface area contributed by atoms with Gasteiger partial charge >= 0.3 is 0 Å². The number of rotatable bonds is 6. The Kier molecular flexibility index (Phi) is 5.30. The molecule has 1 atom stereocenters. The second-order valence-corrected chi connectivity index (χ2v) is 6.66. The molecule has 1 aliphatic rings. The van der Waals surface area contributed by atoms with E-state index in [4.69, 9.17) is 4.74 Å². The maximum Gasteiger partial charge on any atom is 0.223 e. The van der Waals surface area contributed by atoms with Gasteiger partial charge in [-0.05, 0) is 43.4 Å². The quantitative estimate of drug-likeness (QED) is 0.857. The Morgan fingerprint density at radius 1 is 1.38 bits per heavy atom. The highest BCUT2D eigenvalue weighted by atomic mass is 16.5. The average Bonchev–Trinajstić information content (AvgIpc) is 3.06. The zero-order chi connectivity index (χ0) is 16.9. The minimum Gasteiger partial charge on any atom is -0.374 e. The maximum absolute atomic E-state index is 12.5. The van der Waals surface area contributed by atoms with E-state index in [1.807, 2.05) is 38.2 Å². The first-order chi connectivity index (χ1) is 11.6. The van der Waals surface area contributed by atoms with E-state index < -0.39 is 0 Å². The van der Waals surface area contributed by atoms with E-state index in [0.717, 1.165) is 36.1 Å². The molecule has 0 radical (unpaired) electrons. The molecule has 5 heteroatoms. The number of hydrogen-bond donors (Lipinski definition) is 2. The average molecular weight is 327 g/mol. The largest absolute Gasteiger partial charge is 0.374 e. The van der Waals surface area contributed by atoms with Gasteiger partial charge in [-0.3, -0.25) is 9.89 Å². The summed E-state index contributed by atoms with van der Waals surface area (Å²) in [6.07, 6.45) is 4.62. The standard InChI is InChI=1S/C19H25N3O2/c1-13(2)24-12-17-6-4-3-5-15(17)10-20-19(23)14-7-8-16-11-21-22-18(16)9-14/h3-6,11,13-14H,7-10,12H2,1-2H3,(H,20,23)(H,21,22)/t14-/m0/s1. The minimum atomic E-state index is 0.0250. The van der Waals surface area contributed by atoms with Crippen LogP contribution in [0.1, 0.15) is 42.7 Å². The number of aryl methyl sites for hydroxylation is 1. The van der Waals surface area contributed by atoms with Crippen LogP contribution in [0.3, 0.4) is 0 Å². The van der Waals surface area contributed by atoms with Crippen molar-refractivity contribution in [1.82, 2.24) is 15.5 Å². The van der Waals surface area contributed by atoms with E-state index in [-0.39, 0.29) is 17.9 Å². The molecule has 3 rings (SSSR count). The van der Waals surface area contributed by atoms with Crippen molar-refractivity contribution in [1.29, 1.82) is 0 Å². The molecule has 128 valence electrons. The molecular formula is C19H25N3O2. The third kappa shape index (κ3) is 4.03. The molecule has 2 aromatic rings. The normalized spacial score (nSPS) is 16.9. The number of nitrogens with one attached hydrogen (secondary N) is 2. The monoisotopic (exact) mass is 327 g/mol. The maximum atomic E-state index is 12.5. The van der Waals surface area contributed by atoms with Crippen LogP contribution in [0.2, 0.25) is 0 Å². The number of ether oxygens (including phenoxy) is 1. The lowest BCUT2D eigenvalue weighted by Crippen LogP contribution is -2.33. The lowest BCUT2D eigenvalue weighted by Gasteiger charge is -2.21. The van der Waals surface area contributed by atoms with Gasteiger partial charge in [0.25, 0.3) is 0 Å². The number of carbonyl (C=O) groups is 1. The summed E-state index contributed by atoms with van der Waals surface area (Å²) in [7, 11) is 0. The zero-order valence-electron chi connectivity index (χ0n) is 14.3. The predicted octanol–water partition coefficient (Wildman–Crippen LogP) is 2.76. The summed E-state index contributed by atoms with van der Waals surface area (Å²) in [5.74, 6) is 0.145. The van der Waals surface area contributed by atoms with E-state index in [1.165, 1.54) is 5.56 Å². The molecule has 1 heterocycles. The third-order valence-corrected chi connectivity index (χ3v) is 4.53. The predicted molar refractivity (Wildman–Crippen MR) is 92.3 cm³/mol. The number of H-pyrrole nitrogens is 1. The molecule has 24 heavy (non-hydrogen) atoms. The van der Waals surface area contributed by atoms with Crippen molar-refractivity contribution in [2.75, 3.05) is 0 Å². The molecule has 0 saturated carbocycles. The number of benzene rings is 1. The summed E-state index contributed by atoms with van der Waals surface area (Å²) in [4.78, 5) is 12.5. The highest BCUT2D eigenvalue weighted by molar-refractivity contribution is 5.79. The van der Waals surface area contributed by atoms with Crippen molar-refractivity contribution >= 4 is 5.91 Å². The van der Waals surface area contributed by atoms with Crippen molar-refractivity contribution in [2.45, 2.75) is 52.4 Å². The molecule has 0 unspecified atom stereocenters. The highest BCUT2D eigenvalue weighted by Gasteiger charge is 2.25. The van der Waals surface area contributed by atoms with Gasteiger partial charge in [0, 0.05) is 24.6 Å². The Morgan fingerprint density at radius 3 is 2.96 bits per heavy atom. The van der Waals surface area contributed by atoms with Crippen LogP contribution in [-0.2, 0) is 35.5 Å². The van der Waals surface area contributed by atoms with Gasteiger partial charge in [0.2, 0.25) is 5.91 Å². The first kappa shape index (κ1) is 16.7. The van der Waals surface area contributed by atoms with Crippen LogP contribution in [0.25, 0.3) is 0 Å². The number of carbonyl (C=O) groups excluding carboxylic acids is 1. The second-order valence-electron chi connectivity index (χ2n) is 6.66. The summed E-state index contributed by atoms with van der Waals surface area (Å²) in [5.41, 5.74) is 4.60. The molecule has 0 fully saturated rings. The summed E-state index contributed by atoms with van der Waals surface area (Å²) in [6, 6.07) is 8.11. The summed E-state index contributed by atoms with van der Waals surface area (Å²) >= 11 is 0. The van der Waals surface area contributed by atoms with Gasteiger partial charge in [0.05, 0.1) is 18.9 Å². The second kappa shape index (κ2) is 7.62. The molecule has 1 aromatic heterocycles. The zero-order valence-corrected chi connectivity index (χ0v) is 14.3. The van der Waals surface area contributed by atoms with E-state index >= 15 is 0 Å². The topological polar surface area (TPSA) is 67.0 Å². The fourth-order valence-electron chi connectivity index (χ4n) is 3.09. The summed E-state index contributed by atoms with van der Waals surface area (Å²) in [5, 5.41) is 10.2. The van der Waals surface area contributed by atoms with Crippen molar-refractivity contribution in [2.24, 2.45) is 5.92 Å². The Balaban J connectivity index is 1.57. The van der Waals surface area contributed by atoms with Crippen molar-refractivity contribution in [3.63, 3.8) is 0 Å². The van der Waals surface area contributed by atoms with Gasteiger partial charge in [0.15, 0.2) is 0 Å². The van der Waals surface area contributed by atoms with Gasteiger partial charge < -0.3 is 10.1 Å². The van der Waals surface area contributed by atoms with Crippen molar-refractivity contribution in [3.05, 3.63) is 52.8 Å². The van der Waals surface area contributed by atoms with Gasteiger partial charge in [-0.15, -0.1) is 0 Å². The van der Waals surface area contributed by atoms with E-state index in [9.17, 15) is 4.79 Å². The number of aromatic amines is 1. The molecule has 0 spiro atoms. The van der Waals surface area contributed by atoms with Gasteiger partial charge in [0.1, 0.15) is 0 Å². The van der Waals surface area contributed by atoms with Crippen molar-refractivity contribution < 1.29 is 9.53 Å². The molecular weight excluding hydrogens is 302 g/mol. The Hall–Kier alpha value is -2.14. The first-order valence-corrected chi connectivity index (χ1v) is 8.60. The number of hydrogen-bond acceptors (Lipinski definition) is 3. The van der Waals surface area contributed by atoms with Crippen LogP contribution in [0.15, 0.2) is 30.5 Å². The lowest BCUT2D eigenvalue weighted by molar-refractivity contribution is -0.125. The van der Waals surface area contributed by atoms with Crippen LogP contribution < -0.4 is 5.32 Å². The Bertz CT molecular complexity index is 693. The first-order valence-electron chi connectivity index (χ1n) is 8.60. The third-order valence-electron chi connectivity index (χ3n) is 4.53. The molecule has 0 saturated heterocycles. The highest BCUT2D eigenvalue weighted by Crippen LogP contribution is 2.24. The Morgan fingerprint density at radius 2 is 2.17 bits per heavy atom. The summed E-state index contributed by atoms with van der Waals surface area (Å²) < 4.78 is 5.70. The number of aromatic nitrogens is 2. The molecule has 0 bridgehead atoms. The molecule has 1 aliphatic carbocycles. The van der Waals surface area contributed by atoms with Gasteiger partial charge in [-0.25, -0.2) is 0 Å². The van der Waals surface area contributed by atoms with Crippen LogP contribution in [0.5, 0.6) is 0 Å². The SMILES string of the molecule is CC(C)OCc1ccccc1CNC(=O)[C@H]1CCc2cn[nH]c2C1. The fourth-order valence-corrected chi connectivity index (χ4v) is 3.09. The summed E-state index contributed by atoms with van der Waals surface area (Å²) in [6.45, 7) is 5.17. The van der Waals surface area contributed by atoms with E-state index in [0.29, 0.717) is 13.2 Å².